The molecular weight excluding hydrogens is 435 g/mol. The summed E-state index contributed by atoms with van der Waals surface area (Å²) in [6.45, 7) is 4.81. The number of amides is 3. The van der Waals surface area contributed by atoms with Crippen LogP contribution in [-0.2, 0) is 11.0 Å². The third-order valence-electron chi connectivity index (χ3n) is 5.51. The Morgan fingerprint density at radius 1 is 1.06 bits per heavy atom. The summed E-state index contributed by atoms with van der Waals surface area (Å²) in [5.41, 5.74) is -0.154. The Kier molecular flexibility index (Phi) is 7.78. The van der Waals surface area contributed by atoms with E-state index in [-0.39, 0.29) is 17.9 Å². The molecule has 3 amide bonds. The van der Waals surface area contributed by atoms with Gasteiger partial charge in [0, 0.05) is 31.0 Å². The monoisotopic (exact) mass is 463 g/mol. The summed E-state index contributed by atoms with van der Waals surface area (Å²) >= 11 is 0. The highest BCUT2D eigenvalue weighted by Gasteiger charge is 2.31. The van der Waals surface area contributed by atoms with Crippen LogP contribution in [0.25, 0.3) is 0 Å². The number of aromatic nitrogens is 1. The fourth-order valence-electron chi connectivity index (χ4n) is 3.65. The third kappa shape index (κ3) is 6.84. The number of halogens is 3. The maximum Gasteiger partial charge on any atom is 0.417 e. The molecule has 3 rings (SSSR count). The third-order valence-corrected chi connectivity index (χ3v) is 5.51. The van der Waals surface area contributed by atoms with Crippen molar-refractivity contribution >= 4 is 23.4 Å². The Balaban J connectivity index is 1.50. The van der Waals surface area contributed by atoms with Crippen LogP contribution < -0.4 is 20.9 Å². The lowest BCUT2D eigenvalue weighted by Gasteiger charge is -2.34. The molecule has 7 nitrogen and oxygen atoms in total. The van der Waals surface area contributed by atoms with E-state index >= 15 is 0 Å². The van der Waals surface area contributed by atoms with Crippen LogP contribution in [0.3, 0.4) is 0 Å². The van der Waals surface area contributed by atoms with Gasteiger partial charge in [-0.2, -0.15) is 13.2 Å². The van der Waals surface area contributed by atoms with Crippen molar-refractivity contribution in [2.45, 2.75) is 44.9 Å². The first-order chi connectivity index (χ1) is 15.6. The maximum absolute atomic E-state index is 12.8. The van der Waals surface area contributed by atoms with Crippen molar-refractivity contribution in [2.24, 2.45) is 5.92 Å². The van der Waals surface area contributed by atoms with E-state index in [2.05, 4.69) is 20.9 Å². The van der Waals surface area contributed by atoms with Crippen molar-refractivity contribution in [2.75, 3.05) is 23.3 Å². The van der Waals surface area contributed by atoms with Crippen LogP contribution >= 0.6 is 0 Å². The Bertz CT molecular complexity index is 927. The molecule has 10 heteroatoms. The average molecular weight is 464 g/mol. The van der Waals surface area contributed by atoms with Crippen LogP contribution in [0.4, 0.5) is 29.5 Å². The SMILES string of the molecule is CC(C)C(NC(=O)Nc1ccccc1)C(=O)NC1CCN(c2ccc(C(F)(F)F)cn2)CC1. The number of benzene rings is 1. The second-order valence-electron chi connectivity index (χ2n) is 8.36. The minimum Gasteiger partial charge on any atom is -0.356 e. The van der Waals surface area contributed by atoms with Gasteiger partial charge >= 0.3 is 12.2 Å². The second-order valence-corrected chi connectivity index (χ2v) is 8.36. The zero-order chi connectivity index (χ0) is 24.0. The van der Waals surface area contributed by atoms with Crippen molar-refractivity contribution in [3.05, 3.63) is 54.2 Å². The molecule has 0 spiro atoms. The van der Waals surface area contributed by atoms with E-state index < -0.39 is 23.8 Å². The van der Waals surface area contributed by atoms with E-state index in [4.69, 9.17) is 0 Å². The maximum atomic E-state index is 12.8. The smallest absolute Gasteiger partial charge is 0.356 e. The number of para-hydroxylation sites is 1. The van der Waals surface area contributed by atoms with Crippen molar-refractivity contribution in [1.82, 2.24) is 15.6 Å². The molecule has 1 unspecified atom stereocenters. The van der Waals surface area contributed by atoms with Crippen LogP contribution in [-0.4, -0.2) is 42.1 Å². The number of nitrogens with zero attached hydrogens (tertiary/aromatic N) is 2. The molecule has 1 aromatic carbocycles. The first-order valence-electron chi connectivity index (χ1n) is 10.8. The summed E-state index contributed by atoms with van der Waals surface area (Å²) in [6, 6.07) is 10.1. The van der Waals surface area contributed by atoms with E-state index in [1.54, 1.807) is 24.3 Å². The lowest BCUT2D eigenvalue weighted by Crippen LogP contribution is -2.54. The molecule has 1 aliphatic rings. The van der Waals surface area contributed by atoms with Crippen LogP contribution in [0.5, 0.6) is 0 Å². The molecule has 3 N–H and O–H groups in total. The lowest BCUT2D eigenvalue weighted by molar-refractivity contribution is -0.137. The first kappa shape index (κ1) is 24.3. The van der Waals surface area contributed by atoms with E-state index in [1.807, 2.05) is 24.8 Å². The minimum atomic E-state index is -4.41. The zero-order valence-electron chi connectivity index (χ0n) is 18.5. The largest absolute Gasteiger partial charge is 0.417 e. The normalized spacial score (nSPS) is 15.8. The van der Waals surface area contributed by atoms with Gasteiger partial charge in [-0.15, -0.1) is 0 Å². The van der Waals surface area contributed by atoms with Crippen molar-refractivity contribution in [3.8, 4) is 0 Å². The molecule has 0 bridgehead atoms. The number of carbonyl (C=O) groups is 2. The van der Waals surface area contributed by atoms with E-state index in [1.165, 1.54) is 6.07 Å². The van der Waals surface area contributed by atoms with Crippen LogP contribution in [0.15, 0.2) is 48.7 Å². The predicted molar refractivity (Wildman–Crippen MR) is 120 cm³/mol. The quantitative estimate of drug-likeness (QED) is 0.604. The summed E-state index contributed by atoms with van der Waals surface area (Å²) < 4.78 is 38.2. The molecule has 1 fully saturated rings. The Hall–Kier alpha value is -3.30. The van der Waals surface area contributed by atoms with Gasteiger partial charge in [-0.05, 0) is 43.0 Å². The topological polar surface area (TPSA) is 86.4 Å². The average Bonchev–Trinajstić information content (AvgIpc) is 2.78. The highest BCUT2D eigenvalue weighted by Crippen LogP contribution is 2.29. The van der Waals surface area contributed by atoms with E-state index in [9.17, 15) is 22.8 Å². The fraction of sp³-hybridized carbons (Fsp3) is 0.435. The van der Waals surface area contributed by atoms with E-state index in [0.717, 1.165) is 12.3 Å². The summed E-state index contributed by atoms with van der Waals surface area (Å²) in [5.74, 6) is 0.0920. The highest BCUT2D eigenvalue weighted by atomic mass is 19.4. The lowest BCUT2D eigenvalue weighted by atomic mass is 10.0. The molecule has 2 heterocycles. The molecule has 0 aliphatic carbocycles. The fourth-order valence-corrected chi connectivity index (χ4v) is 3.65. The Labute approximate surface area is 190 Å². The number of pyridine rings is 1. The van der Waals surface area contributed by atoms with Gasteiger partial charge in [0.1, 0.15) is 11.9 Å². The molecular formula is C23H28F3N5O2. The van der Waals surface area contributed by atoms with Crippen LogP contribution in [0.2, 0.25) is 0 Å². The van der Waals surface area contributed by atoms with Gasteiger partial charge in [-0.25, -0.2) is 9.78 Å². The molecule has 1 aliphatic heterocycles. The van der Waals surface area contributed by atoms with Gasteiger partial charge in [0.05, 0.1) is 5.56 Å². The van der Waals surface area contributed by atoms with Crippen LogP contribution in [0.1, 0.15) is 32.3 Å². The molecule has 1 saturated heterocycles. The highest BCUT2D eigenvalue weighted by molar-refractivity contribution is 5.93. The van der Waals surface area contributed by atoms with Gasteiger partial charge in [-0.1, -0.05) is 32.0 Å². The Morgan fingerprint density at radius 3 is 2.27 bits per heavy atom. The van der Waals surface area contributed by atoms with Crippen LogP contribution in [0, 0.1) is 5.92 Å². The van der Waals surface area contributed by atoms with Gasteiger partial charge in [-0.3, -0.25) is 4.79 Å². The molecule has 178 valence electrons. The van der Waals surface area contributed by atoms with Crippen molar-refractivity contribution in [3.63, 3.8) is 0 Å². The Morgan fingerprint density at radius 2 is 1.73 bits per heavy atom. The zero-order valence-corrected chi connectivity index (χ0v) is 18.5. The predicted octanol–water partition coefficient (Wildman–Crippen LogP) is 4.03. The molecule has 0 radical (unpaired) electrons. The van der Waals surface area contributed by atoms with Crippen molar-refractivity contribution < 1.29 is 22.8 Å². The van der Waals surface area contributed by atoms with E-state index in [0.29, 0.717) is 37.4 Å². The molecule has 0 saturated carbocycles. The number of hydrogen-bond donors (Lipinski definition) is 3. The van der Waals surface area contributed by atoms with Gasteiger partial charge < -0.3 is 20.9 Å². The summed E-state index contributed by atoms with van der Waals surface area (Å²) in [7, 11) is 0. The number of nitrogens with one attached hydrogen (secondary N) is 3. The number of piperidine rings is 1. The molecule has 33 heavy (non-hydrogen) atoms. The second kappa shape index (κ2) is 10.5. The molecule has 1 aromatic heterocycles. The molecule has 2 aromatic rings. The summed E-state index contributed by atoms with van der Waals surface area (Å²) in [6.07, 6.45) is -2.34. The number of hydrogen-bond acceptors (Lipinski definition) is 4. The van der Waals surface area contributed by atoms with Gasteiger partial charge in [0.25, 0.3) is 0 Å². The number of alkyl halides is 3. The molecule has 1 atom stereocenters. The summed E-state index contributed by atoms with van der Waals surface area (Å²) in [5, 5.41) is 8.43. The van der Waals surface area contributed by atoms with Gasteiger partial charge in [0.2, 0.25) is 5.91 Å². The number of urea groups is 1. The van der Waals surface area contributed by atoms with Crippen molar-refractivity contribution in [1.29, 1.82) is 0 Å². The number of rotatable bonds is 6. The first-order valence-corrected chi connectivity index (χ1v) is 10.8. The summed E-state index contributed by atoms with van der Waals surface area (Å²) in [4.78, 5) is 31.0. The standard InChI is InChI=1S/C23H28F3N5O2/c1-15(2)20(30-22(33)29-17-6-4-3-5-7-17)21(32)28-18-10-12-31(13-11-18)19-9-8-16(14-27-19)23(24,25)26/h3-9,14-15,18,20H,10-13H2,1-2H3,(H,28,32)(H2,29,30,33). The number of carbonyl (C=O) groups excluding carboxylic acids is 2. The minimum absolute atomic E-state index is 0.0940. The number of anilines is 2. The van der Waals surface area contributed by atoms with Gasteiger partial charge in [0.15, 0.2) is 0 Å².